The highest BCUT2D eigenvalue weighted by Gasteiger charge is 2.63. The Hall–Kier alpha value is -0.570. The van der Waals surface area contributed by atoms with E-state index < -0.39 is 0 Å². The maximum Gasteiger partial charge on any atom is 0.305 e. The predicted octanol–water partition coefficient (Wildman–Crippen LogP) is 13.3. The summed E-state index contributed by atoms with van der Waals surface area (Å²) in [6, 6.07) is 0. The molecule has 3 unspecified atom stereocenters. The van der Waals surface area contributed by atoms with Gasteiger partial charge in [-0.3, -0.25) is 4.79 Å². The van der Waals surface area contributed by atoms with Gasteiger partial charge in [0.25, 0.3) is 0 Å². The van der Waals surface area contributed by atoms with Gasteiger partial charge in [-0.15, -0.1) is 0 Å². The number of fused-ring (bicyclic) bond motifs is 5. The Bertz CT molecular complexity index is 901. The minimum absolute atomic E-state index is 0.00976. The first-order chi connectivity index (χ1) is 23.2. The molecule has 4 saturated carbocycles. The SMILES string of the molecule is CCCCCCCCCCCCCCCCCC(=O)OCC(C)CCC[C@@H](C)[C@H]1CC[C@H]2[C@@H]3CCC4CCCC[C@]4(C)[C@H]3CC(O)[C@]12C. The van der Waals surface area contributed by atoms with Gasteiger partial charge in [-0.25, -0.2) is 0 Å². The zero-order valence-electron chi connectivity index (χ0n) is 32.9. The molecule has 4 fully saturated rings. The first kappa shape index (κ1) is 40.2. The molecule has 0 spiro atoms. The summed E-state index contributed by atoms with van der Waals surface area (Å²) in [4.78, 5) is 12.4. The fourth-order valence-corrected chi connectivity index (χ4v) is 12.2. The molecule has 0 amide bonds. The lowest BCUT2D eigenvalue weighted by Gasteiger charge is -2.62. The largest absolute Gasteiger partial charge is 0.465 e. The lowest BCUT2D eigenvalue weighted by Crippen LogP contribution is -2.58. The summed E-state index contributed by atoms with van der Waals surface area (Å²) in [6.07, 6.45) is 36.6. The van der Waals surface area contributed by atoms with Crippen LogP contribution in [0, 0.1) is 52.3 Å². The van der Waals surface area contributed by atoms with E-state index in [-0.39, 0.29) is 17.5 Å². The highest BCUT2D eigenvalue weighted by atomic mass is 16.5. The molecule has 0 aliphatic heterocycles. The lowest BCUT2D eigenvalue weighted by molar-refractivity contribution is -0.168. The first-order valence-corrected chi connectivity index (χ1v) is 22.0. The summed E-state index contributed by atoms with van der Waals surface area (Å²) < 4.78 is 5.71. The number of hydrogen-bond acceptors (Lipinski definition) is 3. The van der Waals surface area contributed by atoms with Crippen molar-refractivity contribution in [3.8, 4) is 0 Å². The molecular weight excluding hydrogens is 588 g/mol. The fourth-order valence-electron chi connectivity index (χ4n) is 12.2. The molecule has 3 nitrogen and oxygen atoms in total. The zero-order chi connectivity index (χ0) is 34.4. The molecule has 0 radical (unpaired) electrons. The van der Waals surface area contributed by atoms with Crippen molar-refractivity contribution in [2.45, 2.75) is 221 Å². The second-order valence-electron chi connectivity index (χ2n) is 18.6. The molecular formula is C45H82O3. The summed E-state index contributed by atoms with van der Waals surface area (Å²) in [5, 5.41) is 11.9. The second kappa shape index (κ2) is 20.5. The van der Waals surface area contributed by atoms with Crippen LogP contribution in [0.2, 0.25) is 0 Å². The third-order valence-corrected chi connectivity index (χ3v) is 15.3. The molecule has 4 aliphatic rings. The lowest BCUT2D eigenvalue weighted by atomic mass is 9.44. The Kier molecular flexibility index (Phi) is 17.1. The van der Waals surface area contributed by atoms with Crippen LogP contribution in [0.5, 0.6) is 0 Å². The monoisotopic (exact) mass is 671 g/mol. The third kappa shape index (κ3) is 10.7. The van der Waals surface area contributed by atoms with Gasteiger partial charge in [-0.05, 0) is 110 Å². The van der Waals surface area contributed by atoms with Crippen LogP contribution in [0.4, 0.5) is 0 Å². The summed E-state index contributed by atoms with van der Waals surface area (Å²) in [5.41, 5.74) is 0.589. The maximum absolute atomic E-state index is 12.4. The predicted molar refractivity (Wildman–Crippen MR) is 204 cm³/mol. The van der Waals surface area contributed by atoms with Crippen molar-refractivity contribution in [3.05, 3.63) is 0 Å². The van der Waals surface area contributed by atoms with Crippen molar-refractivity contribution in [2.75, 3.05) is 6.61 Å². The van der Waals surface area contributed by atoms with E-state index in [9.17, 15) is 9.90 Å². The molecule has 0 aromatic heterocycles. The topological polar surface area (TPSA) is 46.5 Å². The molecule has 280 valence electrons. The van der Waals surface area contributed by atoms with Crippen LogP contribution in [0.25, 0.3) is 0 Å². The van der Waals surface area contributed by atoms with E-state index in [0.717, 1.165) is 49.4 Å². The van der Waals surface area contributed by atoms with Crippen LogP contribution in [0.15, 0.2) is 0 Å². The third-order valence-electron chi connectivity index (χ3n) is 15.3. The molecule has 10 atom stereocenters. The number of esters is 1. The average molecular weight is 671 g/mol. The number of unbranched alkanes of at least 4 members (excludes halogenated alkanes) is 14. The van der Waals surface area contributed by atoms with Gasteiger partial charge in [-0.1, -0.05) is 150 Å². The number of carbonyl (C=O) groups is 1. The van der Waals surface area contributed by atoms with E-state index in [1.807, 2.05) is 0 Å². The molecule has 0 aromatic carbocycles. The van der Waals surface area contributed by atoms with Crippen molar-refractivity contribution < 1.29 is 14.6 Å². The van der Waals surface area contributed by atoms with Gasteiger partial charge >= 0.3 is 5.97 Å². The number of ether oxygens (including phenoxy) is 1. The molecule has 0 saturated heterocycles. The first-order valence-electron chi connectivity index (χ1n) is 22.0. The van der Waals surface area contributed by atoms with Crippen LogP contribution in [-0.2, 0) is 9.53 Å². The van der Waals surface area contributed by atoms with Gasteiger partial charge in [0.15, 0.2) is 0 Å². The van der Waals surface area contributed by atoms with Gasteiger partial charge in [0.05, 0.1) is 12.7 Å². The summed E-state index contributed by atoms with van der Waals surface area (Å²) >= 11 is 0. The minimum atomic E-state index is -0.126. The van der Waals surface area contributed by atoms with E-state index in [1.54, 1.807) is 0 Å². The molecule has 0 heterocycles. The standard InChI is InChI=1S/C45H82O3/c1-6-7-8-9-10-11-12-13-14-15-16-17-18-19-20-27-43(47)48-34-35(2)24-23-25-36(3)39-30-31-40-38-29-28-37-26-21-22-32-44(37,4)41(38)33-42(46)45(39,40)5/h35-42,46H,6-34H2,1-5H3/t35?,36-,37?,38+,39-,40+,41+,42?,44+,45-/m1/s1. The Morgan fingerprint density at radius 3 is 2.00 bits per heavy atom. The number of aliphatic hydroxyl groups is 1. The fraction of sp³-hybridized carbons (Fsp3) is 0.978. The van der Waals surface area contributed by atoms with Gasteiger partial charge < -0.3 is 9.84 Å². The van der Waals surface area contributed by atoms with Crippen LogP contribution >= 0.6 is 0 Å². The molecule has 4 rings (SSSR count). The number of aliphatic hydroxyl groups excluding tert-OH is 1. The van der Waals surface area contributed by atoms with Crippen molar-refractivity contribution in [1.82, 2.24) is 0 Å². The highest BCUT2D eigenvalue weighted by Crippen LogP contribution is 2.68. The average Bonchev–Trinajstić information content (AvgIpc) is 3.44. The van der Waals surface area contributed by atoms with Crippen molar-refractivity contribution in [1.29, 1.82) is 0 Å². The molecule has 4 aliphatic carbocycles. The molecule has 1 N–H and O–H groups in total. The smallest absolute Gasteiger partial charge is 0.305 e. The van der Waals surface area contributed by atoms with E-state index in [1.165, 1.54) is 148 Å². The summed E-state index contributed by atoms with van der Waals surface area (Å²) in [5.74, 6) is 4.99. The minimum Gasteiger partial charge on any atom is -0.465 e. The molecule has 48 heavy (non-hydrogen) atoms. The number of hydrogen-bond donors (Lipinski definition) is 1. The quantitative estimate of drug-likeness (QED) is 0.0869. The van der Waals surface area contributed by atoms with Crippen LogP contribution in [0.3, 0.4) is 0 Å². The maximum atomic E-state index is 12.4. The van der Waals surface area contributed by atoms with E-state index in [0.29, 0.717) is 36.2 Å². The molecule has 3 heteroatoms. The normalized spacial score (nSPS) is 34.2. The number of rotatable bonds is 23. The van der Waals surface area contributed by atoms with Crippen molar-refractivity contribution in [2.24, 2.45) is 52.3 Å². The van der Waals surface area contributed by atoms with Crippen molar-refractivity contribution >= 4 is 5.97 Å². The van der Waals surface area contributed by atoms with Gasteiger partial charge in [-0.2, -0.15) is 0 Å². The highest BCUT2D eigenvalue weighted by molar-refractivity contribution is 5.69. The molecule has 0 bridgehead atoms. The van der Waals surface area contributed by atoms with Crippen LogP contribution < -0.4 is 0 Å². The van der Waals surface area contributed by atoms with E-state index in [4.69, 9.17) is 4.74 Å². The Morgan fingerprint density at radius 2 is 1.35 bits per heavy atom. The Balaban J connectivity index is 1.02. The zero-order valence-corrected chi connectivity index (χ0v) is 32.9. The van der Waals surface area contributed by atoms with Crippen LogP contribution in [0.1, 0.15) is 214 Å². The van der Waals surface area contributed by atoms with Gasteiger partial charge in [0.1, 0.15) is 0 Å². The van der Waals surface area contributed by atoms with Gasteiger partial charge in [0, 0.05) is 6.42 Å². The number of carbonyl (C=O) groups excluding carboxylic acids is 1. The van der Waals surface area contributed by atoms with Crippen LogP contribution in [-0.4, -0.2) is 23.8 Å². The molecule has 0 aromatic rings. The Morgan fingerprint density at radius 1 is 0.729 bits per heavy atom. The summed E-state index contributed by atoms with van der Waals surface area (Å²) in [6.45, 7) is 12.7. The van der Waals surface area contributed by atoms with E-state index >= 15 is 0 Å². The summed E-state index contributed by atoms with van der Waals surface area (Å²) in [7, 11) is 0. The Labute approximate surface area is 299 Å². The second-order valence-corrected chi connectivity index (χ2v) is 18.6. The van der Waals surface area contributed by atoms with Crippen molar-refractivity contribution in [3.63, 3.8) is 0 Å². The van der Waals surface area contributed by atoms with Gasteiger partial charge in [0.2, 0.25) is 0 Å². The van der Waals surface area contributed by atoms with E-state index in [2.05, 4.69) is 34.6 Å².